The summed E-state index contributed by atoms with van der Waals surface area (Å²) in [6, 6.07) is 11.7. The number of nitrogens with zero attached hydrogens (tertiary/aromatic N) is 1. The Hall–Kier alpha value is -2.67. The highest BCUT2D eigenvalue weighted by Crippen LogP contribution is 2.31. The molecule has 0 aromatic heterocycles. The molecule has 23 heavy (non-hydrogen) atoms. The standard InChI is InChI=1S/C16H16FN3O2S/c1-21-14-8-4-6-11(9-19-20-16(18)23)15(14)22-10-12-5-2-3-7-13(12)17/h2-9H,10H2,1H3,(H3,18,20,23)/b19-9-. The summed E-state index contributed by atoms with van der Waals surface area (Å²) in [5, 5.41) is 3.95. The Morgan fingerprint density at radius 2 is 2.09 bits per heavy atom. The van der Waals surface area contributed by atoms with Crippen molar-refractivity contribution < 1.29 is 13.9 Å². The van der Waals surface area contributed by atoms with Crippen molar-refractivity contribution in [1.29, 1.82) is 0 Å². The molecule has 2 aromatic carbocycles. The maximum atomic E-state index is 13.7. The third-order valence-corrected chi connectivity index (χ3v) is 3.03. The van der Waals surface area contributed by atoms with E-state index < -0.39 is 0 Å². The summed E-state index contributed by atoms with van der Waals surface area (Å²) in [6.45, 7) is 0.0661. The number of nitrogens with two attached hydrogens (primary N) is 1. The van der Waals surface area contributed by atoms with Crippen molar-refractivity contribution in [2.24, 2.45) is 10.8 Å². The minimum absolute atomic E-state index is 0.0537. The van der Waals surface area contributed by atoms with Crippen LogP contribution in [0.1, 0.15) is 11.1 Å². The van der Waals surface area contributed by atoms with Crippen LogP contribution >= 0.6 is 12.2 Å². The van der Waals surface area contributed by atoms with E-state index in [2.05, 4.69) is 22.7 Å². The molecule has 0 unspecified atom stereocenters. The van der Waals surface area contributed by atoms with Crippen LogP contribution in [0, 0.1) is 5.82 Å². The number of hydrogen-bond donors (Lipinski definition) is 2. The number of rotatable bonds is 6. The number of benzene rings is 2. The Morgan fingerprint density at radius 1 is 1.30 bits per heavy atom. The van der Waals surface area contributed by atoms with E-state index in [4.69, 9.17) is 15.2 Å². The van der Waals surface area contributed by atoms with Crippen LogP contribution in [0.5, 0.6) is 11.5 Å². The second-order valence-electron chi connectivity index (χ2n) is 4.49. The molecule has 0 spiro atoms. The molecule has 2 aromatic rings. The number of hydrazone groups is 1. The fourth-order valence-corrected chi connectivity index (χ4v) is 1.93. The Labute approximate surface area is 138 Å². The number of nitrogens with one attached hydrogen (secondary N) is 1. The number of ether oxygens (including phenoxy) is 2. The molecular weight excluding hydrogens is 317 g/mol. The van der Waals surface area contributed by atoms with Gasteiger partial charge in [-0.3, -0.25) is 5.43 Å². The van der Waals surface area contributed by atoms with Crippen molar-refractivity contribution in [2.75, 3.05) is 7.11 Å². The zero-order valence-corrected chi connectivity index (χ0v) is 13.3. The topological polar surface area (TPSA) is 68.9 Å². The van der Waals surface area contributed by atoms with E-state index in [-0.39, 0.29) is 17.5 Å². The lowest BCUT2D eigenvalue weighted by Gasteiger charge is -2.13. The van der Waals surface area contributed by atoms with E-state index in [1.165, 1.54) is 19.4 Å². The van der Waals surface area contributed by atoms with Gasteiger partial charge in [0.2, 0.25) is 0 Å². The van der Waals surface area contributed by atoms with Gasteiger partial charge < -0.3 is 15.2 Å². The van der Waals surface area contributed by atoms with E-state index >= 15 is 0 Å². The van der Waals surface area contributed by atoms with Gasteiger partial charge in [0.1, 0.15) is 12.4 Å². The molecule has 0 bridgehead atoms. The van der Waals surface area contributed by atoms with Gasteiger partial charge in [0.15, 0.2) is 16.6 Å². The first kappa shape index (κ1) is 16.7. The van der Waals surface area contributed by atoms with Crippen LogP contribution in [0.4, 0.5) is 4.39 Å². The van der Waals surface area contributed by atoms with Crippen molar-refractivity contribution in [1.82, 2.24) is 5.43 Å². The molecule has 0 atom stereocenters. The van der Waals surface area contributed by atoms with Gasteiger partial charge in [-0.05, 0) is 30.4 Å². The van der Waals surface area contributed by atoms with Gasteiger partial charge in [-0.1, -0.05) is 24.3 Å². The Balaban J connectivity index is 2.23. The number of methoxy groups -OCH3 is 1. The van der Waals surface area contributed by atoms with Gasteiger partial charge in [-0.15, -0.1) is 0 Å². The van der Waals surface area contributed by atoms with Crippen LogP contribution in [0.3, 0.4) is 0 Å². The highest BCUT2D eigenvalue weighted by Gasteiger charge is 2.11. The minimum Gasteiger partial charge on any atom is -0.493 e. The predicted molar refractivity (Wildman–Crippen MR) is 91.2 cm³/mol. The molecule has 0 radical (unpaired) electrons. The van der Waals surface area contributed by atoms with Gasteiger partial charge in [0, 0.05) is 11.1 Å². The SMILES string of the molecule is COc1cccc(/C=N\NC(N)=S)c1OCc1ccccc1F. The molecule has 3 N–H and O–H groups in total. The van der Waals surface area contributed by atoms with Crippen molar-refractivity contribution in [3.63, 3.8) is 0 Å². The van der Waals surface area contributed by atoms with Gasteiger partial charge in [-0.2, -0.15) is 5.10 Å². The zero-order chi connectivity index (χ0) is 16.7. The molecule has 5 nitrogen and oxygen atoms in total. The number of para-hydroxylation sites is 1. The summed E-state index contributed by atoms with van der Waals surface area (Å²) in [5.41, 5.74) is 8.86. The molecule has 0 heterocycles. The van der Waals surface area contributed by atoms with Crippen LogP contribution in [-0.2, 0) is 6.61 Å². The smallest absolute Gasteiger partial charge is 0.184 e. The number of halogens is 1. The molecule has 0 fully saturated rings. The lowest BCUT2D eigenvalue weighted by atomic mass is 10.2. The fraction of sp³-hybridized carbons (Fsp3) is 0.125. The first-order valence-electron chi connectivity index (χ1n) is 6.73. The Bertz CT molecular complexity index is 722. The largest absolute Gasteiger partial charge is 0.493 e. The molecule has 2 rings (SSSR count). The average Bonchev–Trinajstić information content (AvgIpc) is 2.54. The number of thiocarbonyl (C=S) groups is 1. The van der Waals surface area contributed by atoms with Crippen LogP contribution in [-0.4, -0.2) is 18.4 Å². The normalized spacial score (nSPS) is 10.5. The molecule has 0 saturated heterocycles. The summed E-state index contributed by atoms with van der Waals surface area (Å²) < 4.78 is 24.7. The second kappa shape index (κ2) is 8.09. The van der Waals surface area contributed by atoms with Gasteiger partial charge in [-0.25, -0.2) is 4.39 Å². The maximum absolute atomic E-state index is 13.7. The van der Waals surface area contributed by atoms with Crippen molar-refractivity contribution in [3.8, 4) is 11.5 Å². The third-order valence-electron chi connectivity index (χ3n) is 2.94. The van der Waals surface area contributed by atoms with Crippen LogP contribution in [0.15, 0.2) is 47.6 Å². The molecule has 0 aliphatic carbocycles. The van der Waals surface area contributed by atoms with E-state index in [1.807, 2.05) is 0 Å². The monoisotopic (exact) mass is 333 g/mol. The first-order valence-corrected chi connectivity index (χ1v) is 7.14. The van der Waals surface area contributed by atoms with E-state index in [0.29, 0.717) is 22.6 Å². The fourth-order valence-electron chi connectivity index (χ4n) is 1.88. The lowest BCUT2D eigenvalue weighted by molar-refractivity contribution is 0.279. The predicted octanol–water partition coefficient (Wildman–Crippen LogP) is 2.58. The zero-order valence-electron chi connectivity index (χ0n) is 12.5. The molecule has 0 saturated carbocycles. The average molecular weight is 333 g/mol. The molecular formula is C16H16FN3O2S. The van der Waals surface area contributed by atoms with E-state index in [1.54, 1.807) is 36.4 Å². The summed E-state index contributed by atoms with van der Waals surface area (Å²) >= 11 is 4.68. The summed E-state index contributed by atoms with van der Waals surface area (Å²) in [7, 11) is 1.53. The summed E-state index contributed by atoms with van der Waals surface area (Å²) in [5.74, 6) is 0.639. The molecule has 7 heteroatoms. The molecule has 120 valence electrons. The van der Waals surface area contributed by atoms with Crippen molar-refractivity contribution in [3.05, 3.63) is 59.4 Å². The van der Waals surface area contributed by atoms with Crippen molar-refractivity contribution in [2.45, 2.75) is 6.61 Å². The first-order chi connectivity index (χ1) is 11.1. The molecule has 0 amide bonds. The van der Waals surface area contributed by atoms with Crippen LogP contribution in [0.25, 0.3) is 0 Å². The quantitative estimate of drug-likeness (QED) is 0.483. The van der Waals surface area contributed by atoms with Crippen molar-refractivity contribution >= 4 is 23.5 Å². The maximum Gasteiger partial charge on any atom is 0.184 e. The minimum atomic E-state index is -0.326. The second-order valence-corrected chi connectivity index (χ2v) is 4.93. The Kier molecular flexibility index (Phi) is 5.87. The van der Waals surface area contributed by atoms with E-state index in [9.17, 15) is 4.39 Å². The Morgan fingerprint density at radius 3 is 2.78 bits per heavy atom. The van der Waals surface area contributed by atoms with Gasteiger partial charge >= 0.3 is 0 Å². The van der Waals surface area contributed by atoms with Crippen LogP contribution < -0.4 is 20.6 Å². The molecule has 0 aliphatic heterocycles. The lowest BCUT2D eigenvalue weighted by Crippen LogP contribution is -2.24. The van der Waals surface area contributed by atoms with E-state index in [0.717, 1.165) is 0 Å². The van der Waals surface area contributed by atoms with Gasteiger partial charge in [0.25, 0.3) is 0 Å². The molecule has 0 aliphatic rings. The highest BCUT2D eigenvalue weighted by molar-refractivity contribution is 7.80. The summed E-state index contributed by atoms with van der Waals surface area (Å²) in [6.07, 6.45) is 1.50. The highest BCUT2D eigenvalue weighted by atomic mass is 32.1. The third kappa shape index (κ3) is 4.65. The summed E-state index contributed by atoms with van der Waals surface area (Å²) in [4.78, 5) is 0. The van der Waals surface area contributed by atoms with Crippen LogP contribution in [0.2, 0.25) is 0 Å². The van der Waals surface area contributed by atoms with Gasteiger partial charge in [0.05, 0.1) is 13.3 Å². The number of hydrogen-bond acceptors (Lipinski definition) is 4.